The lowest BCUT2D eigenvalue weighted by atomic mass is 9.96. The topological polar surface area (TPSA) is 58.2 Å². The minimum absolute atomic E-state index is 0.120. The van der Waals surface area contributed by atoms with Crippen molar-refractivity contribution < 1.29 is 49.1 Å². The number of hydrogen-bond donors (Lipinski definition) is 2. The fraction of sp³-hybridized carbons (Fsp3) is 0.333. The van der Waals surface area contributed by atoms with Gasteiger partial charge in [-0.3, -0.25) is 9.59 Å². The zero-order chi connectivity index (χ0) is 30.6. The largest absolute Gasteiger partial charge is 0.417 e. The van der Waals surface area contributed by atoms with Gasteiger partial charge in [-0.15, -0.1) is 0 Å². The third kappa shape index (κ3) is 9.88. The molecule has 4 nitrogen and oxygen atoms in total. The first-order chi connectivity index (χ1) is 18.2. The normalized spacial score (nSPS) is 14.2. The molecular formula is C24H18BrCl2F9N2O2. The maximum absolute atomic E-state index is 13.8. The molecule has 0 radical (unpaired) electrons. The van der Waals surface area contributed by atoms with Crippen molar-refractivity contribution in [3.8, 4) is 0 Å². The minimum atomic E-state index is -5.12. The number of allylic oxidation sites excluding steroid dienone is 1. The van der Waals surface area contributed by atoms with E-state index in [9.17, 15) is 49.1 Å². The molecule has 1 unspecified atom stereocenters. The molecule has 0 aromatic heterocycles. The van der Waals surface area contributed by atoms with Gasteiger partial charge in [0.15, 0.2) is 0 Å². The predicted octanol–water partition coefficient (Wildman–Crippen LogP) is 8.67. The smallest absolute Gasteiger partial charge is 0.336 e. The van der Waals surface area contributed by atoms with E-state index in [2.05, 4.69) is 15.9 Å². The molecule has 0 fully saturated rings. The number of halogens is 12. The molecule has 0 heterocycles. The summed E-state index contributed by atoms with van der Waals surface area (Å²) >= 11 is 14.8. The Kier molecular flexibility index (Phi) is 11.0. The lowest BCUT2D eigenvalue weighted by molar-refractivity contribution is -0.144. The maximum atomic E-state index is 13.8. The molecule has 0 spiro atoms. The van der Waals surface area contributed by atoms with Crippen LogP contribution in [-0.2, 0) is 11.0 Å². The van der Waals surface area contributed by atoms with E-state index in [0.29, 0.717) is 18.2 Å². The summed E-state index contributed by atoms with van der Waals surface area (Å²) in [6.45, 7) is 1.12. The molecule has 0 aliphatic carbocycles. The molecular weight excluding hydrogens is 670 g/mol. The standard InChI is InChI=1S/C24H18BrCl2F9N2O2/c1-11(37-19(39)6-7-22(28,29)30)38-21(40)14-4-2-12(8-16(14)24(34,35)36)3-5-15(23(31,32)33)13-9-17(26)20(25)18(27)10-13/h2-5,8-11,15H,6-7H2,1H3,(H,37,39)(H,38,40)/b5-3+/t11-,15?/m1/s1. The first-order valence-electron chi connectivity index (χ1n) is 11.0. The van der Waals surface area contributed by atoms with Gasteiger partial charge in [0.1, 0.15) is 0 Å². The van der Waals surface area contributed by atoms with Crippen molar-refractivity contribution in [2.24, 2.45) is 0 Å². The Balaban J connectivity index is 2.31. The fourth-order valence-electron chi connectivity index (χ4n) is 3.35. The Labute approximate surface area is 240 Å². The molecule has 2 rings (SSSR count). The number of hydrogen-bond acceptors (Lipinski definition) is 2. The van der Waals surface area contributed by atoms with Gasteiger partial charge in [-0.1, -0.05) is 41.4 Å². The number of benzene rings is 2. The molecule has 2 amide bonds. The summed E-state index contributed by atoms with van der Waals surface area (Å²) in [4.78, 5) is 24.1. The maximum Gasteiger partial charge on any atom is 0.417 e. The van der Waals surface area contributed by atoms with Crippen LogP contribution >= 0.6 is 39.1 Å². The van der Waals surface area contributed by atoms with E-state index in [4.69, 9.17) is 23.2 Å². The lowest BCUT2D eigenvalue weighted by Gasteiger charge is -2.19. The summed E-state index contributed by atoms with van der Waals surface area (Å²) in [6, 6.07) is 4.12. The Morgan fingerprint density at radius 1 is 0.950 bits per heavy atom. The van der Waals surface area contributed by atoms with Gasteiger partial charge in [-0.05, 0) is 58.2 Å². The third-order valence-corrected chi connectivity index (χ3v) is 7.06. The molecule has 16 heteroatoms. The summed E-state index contributed by atoms with van der Waals surface area (Å²) in [6.07, 6.45) is -17.0. The Bertz CT molecular complexity index is 1260. The van der Waals surface area contributed by atoms with Crippen molar-refractivity contribution in [1.29, 1.82) is 0 Å². The molecule has 0 bridgehead atoms. The fourth-order valence-corrected chi connectivity index (χ4v) is 4.08. The van der Waals surface area contributed by atoms with Gasteiger partial charge in [-0.25, -0.2) is 0 Å². The van der Waals surface area contributed by atoms with Crippen molar-refractivity contribution in [3.63, 3.8) is 0 Å². The molecule has 0 saturated carbocycles. The van der Waals surface area contributed by atoms with Crippen molar-refractivity contribution in [3.05, 3.63) is 73.2 Å². The molecule has 40 heavy (non-hydrogen) atoms. The van der Waals surface area contributed by atoms with Crippen LogP contribution in [0.2, 0.25) is 10.0 Å². The zero-order valence-electron chi connectivity index (χ0n) is 20.0. The van der Waals surface area contributed by atoms with Crippen molar-refractivity contribution in [2.75, 3.05) is 0 Å². The zero-order valence-corrected chi connectivity index (χ0v) is 23.1. The SMILES string of the molecule is C[C@H](NC(=O)CCC(F)(F)F)NC(=O)c1ccc(/C=C/C(c2cc(Cl)c(Br)c(Cl)c2)C(F)(F)F)cc1C(F)(F)F. The summed E-state index contributed by atoms with van der Waals surface area (Å²) in [7, 11) is 0. The summed E-state index contributed by atoms with van der Waals surface area (Å²) in [5.41, 5.74) is -3.14. The monoisotopic (exact) mass is 686 g/mol. The Hall–Kier alpha value is -2.45. The van der Waals surface area contributed by atoms with Crippen LogP contribution in [0.15, 0.2) is 40.9 Å². The van der Waals surface area contributed by atoms with Gasteiger partial charge in [0.2, 0.25) is 5.91 Å². The van der Waals surface area contributed by atoms with Crippen LogP contribution in [-0.4, -0.2) is 30.3 Å². The van der Waals surface area contributed by atoms with E-state index in [1.54, 1.807) is 0 Å². The van der Waals surface area contributed by atoms with Gasteiger partial charge in [0.05, 0.1) is 44.1 Å². The summed E-state index contributed by atoms with van der Waals surface area (Å²) in [5.74, 6) is -4.73. The van der Waals surface area contributed by atoms with Crippen LogP contribution in [0.25, 0.3) is 6.08 Å². The number of carbonyl (C=O) groups is 2. The van der Waals surface area contributed by atoms with Crippen molar-refractivity contribution in [1.82, 2.24) is 10.6 Å². The van der Waals surface area contributed by atoms with Gasteiger partial charge >= 0.3 is 18.5 Å². The number of carbonyl (C=O) groups excluding carboxylic acids is 2. The van der Waals surface area contributed by atoms with Crippen LogP contribution < -0.4 is 10.6 Å². The molecule has 2 N–H and O–H groups in total. The number of amides is 2. The number of alkyl halides is 9. The number of rotatable bonds is 8. The third-order valence-electron chi connectivity index (χ3n) is 5.15. The highest BCUT2D eigenvalue weighted by Crippen LogP contribution is 2.41. The van der Waals surface area contributed by atoms with Crippen molar-refractivity contribution >= 4 is 57.0 Å². The number of nitrogens with one attached hydrogen (secondary N) is 2. The highest BCUT2D eigenvalue weighted by atomic mass is 79.9. The van der Waals surface area contributed by atoms with Gasteiger partial charge in [0, 0.05) is 6.42 Å². The average Bonchev–Trinajstić information content (AvgIpc) is 2.79. The molecule has 220 valence electrons. The second-order valence-corrected chi connectivity index (χ2v) is 9.96. The second kappa shape index (κ2) is 13.0. The molecule has 0 aliphatic rings. The van der Waals surface area contributed by atoms with Crippen LogP contribution in [0, 0.1) is 0 Å². The minimum Gasteiger partial charge on any atom is -0.336 e. The average molecular weight is 688 g/mol. The molecule has 0 saturated heterocycles. The summed E-state index contributed by atoms with van der Waals surface area (Å²) in [5, 5.41) is 3.78. The Morgan fingerprint density at radius 2 is 1.52 bits per heavy atom. The van der Waals surface area contributed by atoms with Crippen LogP contribution in [0.3, 0.4) is 0 Å². The van der Waals surface area contributed by atoms with Crippen molar-refractivity contribution in [2.45, 2.75) is 50.4 Å². The second-order valence-electron chi connectivity index (χ2n) is 8.36. The highest BCUT2D eigenvalue weighted by molar-refractivity contribution is 9.10. The molecule has 2 aromatic carbocycles. The van der Waals surface area contributed by atoms with Crippen LogP contribution in [0.4, 0.5) is 39.5 Å². The molecule has 2 atom stereocenters. The quantitative estimate of drug-likeness (QED) is 0.166. The first-order valence-corrected chi connectivity index (χ1v) is 12.5. The van der Waals surface area contributed by atoms with E-state index < -0.39 is 66.4 Å². The van der Waals surface area contributed by atoms with Crippen LogP contribution in [0.5, 0.6) is 0 Å². The highest BCUT2D eigenvalue weighted by Gasteiger charge is 2.40. The van der Waals surface area contributed by atoms with Gasteiger partial charge in [0.25, 0.3) is 5.91 Å². The van der Waals surface area contributed by atoms with E-state index in [1.807, 2.05) is 10.6 Å². The first kappa shape index (κ1) is 33.8. The van der Waals surface area contributed by atoms with E-state index in [-0.39, 0.29) is 25.6 Å². The van der Waals surface area contributed by atoms with Gasteiger partial charge in [-0.2, -0.15) is 39.5 Å². The van der Waals surface area contributed by atoms with Gasteiger partial charge < -0.3 is 10.6 Å². The van der Waals surface area contributed by atoms with E-state index in [1.165, 1.54) is 0 Å². The van der Waals surface area contributed by atoms with E-state index in [0.717, 1.165) is 31.2 Å². The predicted molar refractivity (Wildman–Crippen MR) is 134 cm³/mol. The lowest BCUT2D eigenvalue weighted by Crippen LogP contribution is -2.46. The molecule has 2 aromatic rings. The Morgan fingerprint density at radius 3 is 2.02 bits per heavy atom. The van der Waals surface area contributed by atoms with E-state index >= 15 is 0 Å². The summed E-state index contributed by atoms with van der Waals surface area (Å²) < 4.78 is 119. The molecule has 0 aliphatic heterocycles. The van der Waals surface area contributed by atoms with Crippen LogP contribution in [0.1, 0.15) is 52.7 Å².